The molecule has 0 bridgehead atoms. The average Bonchev–Trinajstić information content (AvgIpc) is 1.62. The number of H-pyrrole nitrogens is 3. The van der Waals surface area contributed by atoms with E-state index >= 15 is 0 Å². The summed E-state index contributed by atoms with van der Waals surface area (Å²) in [5.74, 6) is 1.81. The molecule has 8 heterocycles. The van der Waals surface area contributed by atoms with Crippen LogP contribution in [-0.4, -0.2) is 64.8 Å². The van der Waals surface area contributed by atoms with Gasteiger partial charge in [-0.2, -0.15) is 0 Å². The van der Waals surface area contributed by atoms with E-state index in [4.69, 9.17) is 34.3 Å². The predicted octanol–water partition coefficient (Wildman–Crippen LogP) is 27.2. The molecule has 0 spiro atoms. The summed E-state index contributed by atoms with van der Waals surface area (Å²) in [5, 5.41) is 2.23. The molecule has 22 rings (SSSR count). The summed E-state index contributed by atoms with van der Waals surface area (Å²) < 4.78 is 6.33. The third-order valence-electron chi connectivity index (χ3n) is 21.9. The zero-order valence-corrected chi connectivity index (χ0v) is 66.9. The largest absolute Gasteiger partial charge is 0.455 e. The zero-order valence-electron chi connectivity index (χ0n) is 66.9. The average molecular weight is 1590 g/mol. The number of imidazole rings is 3. The molecule has 0 aliphatic carbocycles. The molecule has 14 heteroatoms. The highest BCUT2D eigenvalue weighted by atomic mass is 16.3. The molecule has 14 nitrogen and oxygen atoms in total. The topological polar surface area (TPSA) is 189 Å². The van der Waals surface area contributed by atoms with Gasteiger partial charge in [0.2, 0.25) is 0 Å². The van der Waals surface area contributed by atoms with E-state index in [1.54, 1.807) is 43.8 Å². The maximum atomic E-state index is 6.33. The first-order chi connectivity index (χ1) is 61.4. The molecule has 14 aromatic carbocycles. The molecular weight excluding hydrogens is 1520 g/mol. The summed E-state index contributed by atoms with van der Waals surface area (Å²) >= 11 is 0. The van der Waals surface area contributed by atoms with Crippen LogP contribution in [0.15, 0.2) is 443 Å². The van der Waals surface area contributed by atoms with E-state index in [0.717, 1.165) is 157 Å². The van der Waals surface area contributed by atoms with Crippen molar-refractivity contribution >= 4 is 21.9 Å². The van der Waals surface area contributed by atoms with Gasteiger partial charge in [0.15, 0.2) is 17.5 Å². The normalized spacial score (nSPS) is 11.1. The van der Waals surface area contributed by atoms with Crippen molar-refractivity contribution < 1.29 is 4.42 Å². The first kappa shape index (κ1) is 75.6. The molecule has 0 unspecified atom stereocenters. The van der Waals surface area contributed by atoms with Crippen LogP contribution < -0.4 is 0 Å². The standard InChI is InChI=1S/C37H24N4O.C37H26N4.C36H25N5/c1-2-8-24(9-3-1)25-16-18-26(19-17-25)32-21-33(41-37(40-32)34-22-38-23-39-34)28-11-6-10-27(20-28)29-13-7-14-31-30-12-4-5-15-35(30)42-36(29)31;1-3-9-26(10-4-1)28-17-19-29(20-18-28)34-23-35(41-37(40-34)36-24-38-25-39-36)33-16-8-15-32(22-33)31-14-7-13-30(21-31)27-11-5-2-6-12-27;1-2-7-25(8-3-1)26-14-16-27(17-15-26)33-21-34(41-36(40-33)35-23-38-24-39-35)31-12-5-10-29(20-31)28-9-4-11-30(19-28)32-13-6-18-37-22-32/h1-23H,(H,38,39);1-25H,(H,38,39);1-24H,(H,38,39). The summed E-state index contributed by atoms with van der Waals surface area (Å²) in [6.07, 6.45) is 13.9. The number of benzene rings is 14. The maximum absolute atomic E-state index is 6.33. The molecule has 0 atom stereocenters. The molecule has 0 radical (unpaired) electrons. The second-order valence-electron chi connectivity index (χ2n) is 29.9. The number of fused-ring (bicyclic) bond motifs is 3. The van der Waals surface area contributed by atoms with Gasteiger partial charge in [0, 0.05) is 67.7 Å². The van der Waals surface area contributed by atoms with Crippen molar-refractivity contribution in [1.82, 2.24) is 64.8 Å². The van der Waals surface area contributed by atoms with E-state index < -0.39 is 0 Å². The van der Waals surface area contributed by atoms with E-state index in [9.17, 15) is 0 Å². The molecule has 586 valence electrons. The summed E-state index contributed by atoms with van der Waals surface area (Å²) in [6, 6.07) is 135. The Labute approximate surface area is 716 Å². The van der Waals surface area contributed by atoms with Gasteiger partial charge in [-0.1, -0.05) is 328 Å². The van der Waals surface area contributed by atoms with Crippen LogP contribution >= 0.6 is 0 Å². The third kappa shape index (κ3) is 16.6. The third-order valence-corrected chi connectivity index (χ3v) is 21.9. The van der Waals surface area contributed by atoms with Crippen molar-refractivity contribution in [2.24, 2.45) is 0 Å². The number of aromatic nitrogens is 13. The lowest BCUT2D eigenvalue weighted by molar-refractivity contribution is 0.670. The Morgan fingerprint density at radius 3 is 0.831 bits per heavy atom. The molecule has 0 fully saturated rings. The molecule has 124 heavy (non-hydrogen) atoms. The van der Waals surface area contributed by atoms with Gasteiger partial charge in [0.1, 0.15) is 28.2 Å². The molecule has 0 saturated heterocycles. The van der Waals surface area contributed by atoms with Gasteiger partial charge in [-0.05, 0) is 139 Å². The minimum absolute atomic E-state index is 0.594. The number of nitrogens with zero attached hydrogens (tertiary/aromatic N) is 10. The van der Waals surface area contributed by atoms with Crippen molar-refractivity contribution in [3.63, 3.8) is 0 Å². The summed E-state index contributed by atoms with van der Waals surface area (Å²) in [6.45, 7) is 0. The minimum atomic E-state index is 0.594. The van der Waals surface area contributed by atoms with E-state index in [-0.39, 0.29) is 0 Å². The number of hydrogen-bond acceptors (Lipinski definition) is 11. The summed E-state index contributed by atoms with van der Waals surface area (Å²) in [4.78, 5) is 56.0. The van der Waals surface area contributed by atoms with Gasteiger partial charge < -0.3 is 19.4 Å². The SMILES string of the molecule is c1ccc(-c2ccc(-c3cc(-c4cccc(-c5cccc(-c6ccccc6)c5)c4)nc(-c4cnc[nH]4)n3)cc2)cc1.c1ccc(-c2ccc(-c3cc(-c4cccc(-c5cccc(-c6cccnc6)c5)c4)nc(-c4cnc[nH]4)n3)cc2)cc1.c1ccc(-c2ccc(-c3cc(-c4cccc(-c5cccc6c5oc5ccccc56)c4)nc(-c4cnc[nH]4)n3)cc2)cc1. The second kappa shape index (κ2) is 34.8. The van der Waals surface area contributed by atoms with E-state index in [1.165, 1.54) is 38.9 Å². The van der Waals surface area contributed by atoms with Crippen LogP contribution in [0.2, 0.25) is 0 Å². The first-order valence-electron chi connectivity index (χ1n) is 40.9. The smallest absolute Gasteiger partial charge is 0.178 e. The minimum Gasteiger partial charge on any atom is -0.455 e. The monoisotopic (exact) mass is 1590 g/mol. The maximum Gasteiger partial charge on any atom is 0.178 e. The molecule has 22 aromatic rings. The van der Waals surface area contributed by atoms with Gasteiger partial charge in [0.05, 0.1) is 71.7 Å². The molecule has 0 amide bonds. The van der Waals surface area contributed by atoms with Crippen LogP contribution in [-0.2, 0) is 0 Å². The van der Waals surface area contributed by atoms with Crippen molar-refractivity contribution in [3.8, 4) is 191 Å². The van der Waals surface area contributed by atoms with Gasteiger partial charge in [-0.25, -0.2) is 44.9 Å². The van der Waals surface area contributed by atoms with Crippen molar-refractivity contribution in [2.45, 2.75) is 0 Å². The Balaban J connectivity index is 0.000000118. The van der Waals surface area contributed by atoms with Crippen LogP contribution in [0.4, 0.5) is 0 Å². The zero-order chi connectivity index (χ0) is 82.8. The lowest BCUT2D eigenvalue weighted by Gasteiger charge is -2.11. The van der Waals surface area contributed by atoms with Gasteiger partial charge in [-0.3, -0.25) is 4.98 Å². The number of furan rings is 1. The van der Waals surface area contributed by atoms with Gasteiger partial charge >= 0.3 is 0 Å². The lowest BCUT2D eigenvalue weighted by atomic mass is 9.97. The fourth-order valence-electron chi connectivity index (χ4n) is 15.6. The van der Waals surface area contributed by atoms with Crippen LogP contribution in [0, 0.1) is 0 Å². The quantitative estimate of drug-likeness (QED) is 0.0787. The van der Waals surface area contributed by atoms with Crippen LogP contribution in [0.5, 0.6) is 0 Å². The Hall–Kier alpha value is -17.1. The van der Waals surface area contributed by atoms with Crippen molar-refractivity contribution in [3.05, 3.63) is 438 Å². The fourth-order valence-corrected chi connectivity index (χ4v) is 15.6. The molecule has 0 aliphatic heterocycles. The summed E-state index contributed by atoms with van der Waals surface area (Å²) in [5.41, 5.74) is 33.6. The Morgan fingerprint density at radius 1 is 0.185 bits per heavy atom. The Bertz CT molecular complexity index is 7130. The number of hydrogen-bond donors (Lipinski definition) is 3. The van der Waals surface area contributed by atoms with E-state index in [0.29, 0.717) is 17.5 Å². The lowest BCUT2D eigenvalue weighted by Crippen LogP contribution is -1.96. The predicted molar refractivity (Wildman–Crippen MR) is 500 cm³/mol. The van der Waals surface area contributed by atoms with Crippen molar-refractivity contribution in [1.29, 1.82) is 0 Å². The number of pyridine rings is 1. The number of para-hydroxylation sites is 2. The highest BCUT2D eigenvalue weighted by Gasteiger charge is 2.20. The van der Waals surface area contributed by atoms with Crippen molar-refractivity contribution in [2.75, 3.05) is 0 Å². The summed E-state index contributed by atoms with van der Waals surface area (Å²) in [7, 11) is 0. The van der Waals surface area contributed by atoms with Crippen LogP contribution in [0.25, 0.3) is 213 Å². The molecule has 3 N–H and O–H groups in total. The highest BCUT2D eigenvalue weighted by Crippen LogP contribution is 2.41. The second-order valence-corrected chi connectivity index (χ2v) is 29.9. The Kier molecular flexibility index (Phi) is 21.2. The molecule has 0 aliphatic rings. The molecule has 8 aromatic heterocycles. The molecular formula is C110H75N13O. The van der Waals surface area contributed by atoms with Gasteiger partial charge in [0.25, 0.3) is 0 Å². The van der Waals surface area contributed by atoms with Gasteiger partial charge in [-0.15, -0.1) is 0 Å². The number of nitrogens with one attached hydrogen (secondary N) is 3. The number of rotatable bonds is 17. The number of aromatic amines is 3. The Morgan fingerprint density at radius 2 is 0.460 bits per heavy atom. The first-order valence-corrected chi connectivity index (χ1v) is 40.9. The van der Waals surface area contributed by atoms with E-state index in [2.05, 4.69) is 375 Å². The fraction of sp³-hybridized carbons (Fsp3) is 0. The van der Waals surface area contributed by atoms with E-state index in [1.807, 2.05) is 54.7 Å². The van der Waals surface area contributed by atoms with Crippen LogP contribution in [0.1, 0.15) is 0 Å². The highest BCUT2D eigenvalue weighted by molar-refractivity contribution is 6.09. The van der Waals surface area contributed by atoms with Crippen LogP contribution in [0.3, 0.4) is 0 Å². The molecule has 0 saturated carbocycles.